The van der Waals surface area contributed by atoms with Crippen LogP contribution in [0.2, 0.25) is 0 Å². The molecule has 19 heavy (non-hydrogen) atoms. The summed E-state index contributed by atoms with van der Waals surface area (Å²) in [6.45, 7) is 0. The minimum absolute atomic E-state index is 1.31. The Hall–Kier alpha value is -1.77. The topological polar surface area (TPSA) is 74.6 Å². The third-order valence-corrected chi connectivity index (χ3v) is 2.61. The molecule has 0 aliphatic carbocycles. The van der Waals surface area contributed by atoms with Crippen LogP contribution >= 0.6 is 0 Å². The summed E-state index contributed by atoms with van der Waals surface area (Å²) in [5.41, 5.74) is 0. The second kappa shape index (κ2) is 5.47. The Kier molecular flexibility index (Phi) is 3.93. The first-order valence-electron chi connectivity index (χ1n) is 5.51. The first-order chi connectivity index (χ1) is 8.93. The maximum Gasteiger partial charge on any atom is -0.0178 e. The summed E-state index contributed by atoms with van der Waals surface area (Å²) in [6, 6.07) is 21.4. The fraction of sp³-hybridized carbons (Fsp3) is 0. The molecular weight excluding hydrogens is 284 g/mol. The van der Waals surface area contributed by atoms with Crippen LogP contribution in [0.25, 0.3) is 21.5 Å². The van der Waals surface area contributed by atoms with Gasteiger partial charge in [0.2, 0.25) is 0 Å². The SMILES string of the molecule is [O]=[Cr](=[O])([OH])[OH].c1ccc2cc3ccccc3cc2c1. The zero-order valence-electron chi connectivity index (χ0n) is 9.89. The van der Waals surface area contributed by atoms with Crippen molar-refractivity contribution in [3.05, 3.63) is 60.7 Å². The molecule has 0 heterocycles. The molecule has 0 fully saturated rings. The molecule has 3 rings (SSSR count). The molecule has 3 aromatic rings. The van der Waals surface area contributed by atoms with Gasteiger partial charge in [-0.2, -0.15) is 0 Å². The van der Waals surface area contributed by atoms with E-state index in [0.717, 1.165) is 0 Å². The number of fused-ring (bicyclic) bond motifs is 2. The smallest absolute Gasteiger partial charge is 0.0178 e. The van der Waals surface area contributed by atoms with Crippen LogP contribution in [0.3, 0.4) is 0 Å². The summed E-state index contributed by atoms with van der Waals surface area (Å²) in [5.74, 6) is 0. The molecular formula is C14H12CrO4. The molecule has 0 amide bonds. The molecule has 3 aromatic carbocycles. The first-order valence-corrected chi connectivity index (χ1v) is 7.69. The van der Waals surface area contributed by atoms with Crippen LogP contribution in [0.5, 0.6) is 0 Å². The van der Waals surface area contributed by atoms with E-state index in [9.17, 15) is 0 Å². The van der Waals surface area contributed by atoms with Gasteiger partial charge in [0.25, 0.3) is 0 Å². The van der Waals surface area contributed by atoms with Gasteiger partial charge < -0.3 is 0 Å². The molecule has 0 aliphatic heterocycles. The Balaban J connectivity index is 0.000000232. The van der Waals surface area contributed by atoms with E-state index in [1.165, 1.54) is 21.5 Å². The zero-order valence-corrected chi connectivity index (χ0v) is 11.2. The van der Waals surface area contributed by atoms with Crippen LogP contribution in [0, 0.1) is 0 Å². The molecule has 98 valence electrons. The maximum absolute atomic E-state index is 8.82. The zero-order chi connectivity index (χ0) is 13.9. The largest absolute Gasteiger partial charge is 0.0616 e. The van der Waals surface area contributed by atoms with Crippen molar-refractivity contribution in [2.24, 2.45) is 0 Å². The number of benzene rings is 3. The van der Waals surface area contributed by atoms with Crippen molar-refractivity contribution in [1.29, 1.82) is 0 Å². The van der Waals surface area contributed by atoms with Gasteiger partial charge in [-0.3, -0.25) is 0 Å². The predicted molar refractivity (Wildman–Crippen MR) is 67.3 cm³/mol. The summed E-state index contributed by atoms with van der Waals surface area (Å²) in [6.07, 6.45) is 0. The molecule has 0 spiro atoms. The van der Waals surface area contributed by atoms with Crippen LogP contribution in [0.1, 0.15) is 0 Å². The van der Waals surface area contributed by atoms with E-state index in [1.54, 1.807) is 0 Å². The Morgan fingerprint density at radius 1 is 0.632 bits per heavy atom. The van der Waals surface area contributed by atoms with Crippen molar-refractivity contribution in [1.82, 2.24) is 0 Å². The quantitative estimate of drug-likeness (QED) is 0.625. The van der Waals surface area contributed by atoms with E-state index in [0.29, 0.717) is 0 Å². The van der Waals surface area contributed by atoms with Crippen molar-refractivity contribution in [2.75, 3.05) is 0 Å². The van der Waals surface area contributed by atoms with Crippen LogP contribution in [0.15, 0.2) is 60.7 Å². The average molecular weight is 296 g/mol. The molecule has 0 unspecified atom stereocenters. The fourth-order valence-corrected chi connectivity index (χ4v) is 1.88. The third kappa shape index (κ3) is 4.13. The van der Waals surface area contributed by atoms with Crippen molar-refractivity contribution < 1.29 is 29.5 Å². The molecule has 2 N–H and O–H groups in total. The Morgan fingerprint density at radius 2 is 0.842 bits per heavy atom. The van der Waals surface area contributed by atoms with Crippen molar-refractivity contribution in [3.8, 4) is 0 Å². The van der Waals surface area contributed by atoms with E-state index >= 15 is 0 Å². The summed E-state index contributed by atoms with van der Waals surface area (Å²) in [4.78, 5) is 0. The molecule has 0 saturated carbocycles. The van der Waals surface area contributed by atoms with Crippen LogP contribution in [-0.4, -0.2) is 8.32 Å². The second-order valence-corrected chi connectivity index (χ2v) is 5.39. The van der Waals surface area contributed by atoms with Crippen molar-refractivity contribution >= 4 is 21.5 Å². The van der Waals surface area contributed by atoms with Crippen molar-refractivity contribution in [2.45, 2.75) is 0 Å². The normalized spacial score (nSPS) is 11.1. The second-order valence-electron chi connectivity index (χ2n) is 3.99. The molecule has 0 aromatic heterocycles. The van der Waals surface area contributed by atoms with Gasteiger partial charge in [0.15, 0.2) is 0 Å². The number of hydrogen-bond acceptors (Lipinski definition) is 2. The van der Waals surface area contributed by atoms with Gasteiger partial charge in [0.05, 0.1) is 0 Å². The van der Waals surface area contributed by atoms with Gasteiger partial charge in [-0.05, 0) is 33.7 Å². The molecule has 0 atom stereocenters. The van der Waals surface area contributed by atoms with Gasteiger partial charge in [-0.1, -0.05) is 48.5 Å². The molecule has 0 bridgehead atoms. The van der Waals surface area contributed by atoms with Gasteiger partial charge in [0, 0.05) is 0 Å². The Labute approximate surface area is 112 Å². The third-order valence-electron chi connectivity index (χ3n) is 2.61. The van der Waals surface area contributed by atoms with Gasteiger partial charge >= 0.3 is 29.5 Å². The monoisotopic (exact) mass is 296 g/mol. The maximum atomic E-state index is 8.82. The molecule has 5 heteroatoms. The number of rotatable bonds is 0. The predicted octanol–water partition coefficient (Wildman–Crippen LogP) is 2.64. The molecule has 0 saturated heterocycles. The summed E-state index contributed by atoms with van der Waals surface area (Å²) >= 11 is -5.25. The summed E-state index contributed by atoms with van der Waals surface area (Å²) in [7, 11) is 0. The van der Waals surface area contributed by atoms with Gasteiger partial charge in [-0.25, -0.2) is 0 Å². The molecule has 4 nitrogen and oxygen atoms in total. The summed E-state index contributed by atoms with van der Waals surface area (Å²) < 4.78 is 31.9. The fourth-order valence-electron chi connectivity index (χ4n) is 1.88. The Bertz CT molecular complexity index is 697. The molecule has 0 radical (unpaired) electrons. The minimum atomic E-state index is -5.25. The minimum Gasteiger partial charge on any atom is -0.0616 e. The number of hydrogen-bond donors (Lipinski definition) is 2. The van der Waals surface area contributed by atoms with E-state index in [1.807, 2.05) is 0 Å². The average Bonchev–Trinajstić information content (AvgIpc) is 2.34. The standard InChI is InChI=1S/C14H10.Cr.2H2O.2O/c1-2-6-12-10-14-8-4-3-7-13(14)9-11(12)5-1;;;;;/h1-10H;;2*1H2;;/q;+2;;;;/p-2. The first kappa shape index (κ1) is 13.7. The Morgan fingerprint density at radius 3 is 1.05 bits per heavy atom. The van der Waals surface area contributed by atoms with Gasteiger partial charge in [-0.15, -0.1) is 0 Å². The van der Waals surface area contributed by atoms with Gasteiger partial charge in [0.1, 0.15) is 0 Å². The van der Waals surface area contributed by atoms with Crippen LogP contribution < -0.4 is 0 Å². The van der Waals surface area contributed by atoms with Crippen LogP contribution in [0.4, 0.5) is 0 Å². The van der Waals surface area contributed by atoms with E-state index in [4.69, 9.17) is 15.9 Å². The van der Waals surface area contributed by atoms with Crippen molar-refractivity contribution in [3.63, 3.8) is 0 Å². The van der Waals surface area contributed by atoms with Crippen LogP contribution in [-0.2, 0) is 21.2 Å². The summed E-state index contributed by atoms with van der Waals surface area (Å²) in [5, 5.41) is 5.25. The molecule has 0 aliphatic rings. The van der Waals surface area contributed by atoms with E-state index in [-0.39, 0.29) is 0 Å². The van der Waals surface area contributed by atoms with E-state index < -0.39 is 13.6 Å². The van der Waals surface area contributed by atoms with E-state index in [2.05, 4.69) is 60.7 Å².